The first-order chi connectivity index (χ1) is 13.0. The van der Waals surface area contributed by atoms with Gasteiger partial charge in [-0.25, -0.2) is 9.97 Å². The van der Waals surface area contributed by atoms with Gasteiger partial charge in [-0.3, -0.25) is 9.69 Å². The van der Waals surface area contributed by atoms with E-state index >= 15 is 0 Å². The number of nitrogens with one attached hydrogen (secondary N) is 2. The molecule has 1 saturated heterocycles. The highest BCUT2D eigenvalue weighted by Crippen LogP contribution is 2.20. The van der Waals surface area contributed by atoms with Crippen LogP contribution in [-0.2, 0) is 4.74 Å². The van der Waals surface area contributed by atoms with E-state index < -0.39 is 0 Å². The number of hydrogen-bond donors (Lipinski definition) is 2. The Morgan fingerprint density at radius 1 is 1.22 bits per heavy atom. The first-order valence-corrected chi connectivity index (χ1v) is 9.36. The van der Waals surface area contributed by atoms with E-state index in [1.165, 1.54) is 0 Å². The molecule has 0 radical (unpaired) electrons. The van der Waals surface area contributed by atoms with Crippen LogP contribution in [0.3, 0.4) is 0 Å². The lowest BCUT2D eigenvalue weighted by atomic mass is 10.2. The first-order valence-electron chi connectivity index (χ1n) is 8.98. The van der Waals surface area contributed by atoms with Gasteiger partial charge in [0.25, 0.3) is 5.91 Å². The smallest absolute Gasteiger partial charge is 0.274 e. The molecule has 2 heterocycles. The Morgan fingerprint density at radius 3 is 2.74 bits per heavy atom. The standard InChI is InChI=1S/C19H24ClN5O2/c1-13-11-15(20)3-4-16(13)23-18(26)17-12-14(2)22-19(24-17)21-5-6-25-7-9-27-10-8-25/h3-4,11-12H,5-10H2,1-2H3,(H,23,26)(H,21,22,24). The molecule has 1 aromatic carbocycles. The summed E-state index contributed by atoms with van der Waals surface area (Å²) in [7, 11) is 0. The van der Waals surface area contributed by atoms with Crippen molar-refractivity contribution >= 4 is 29.1 Å². The normalized spacial score (nSPS) is 14.8. The number of benzene rings is 1. The van der Waals surface area contributed by atoms with Gasteiger partial charge in [-0.15, -0.1) is 0 Å². The van der Waals surface area contributed by atoms with Crippen molar-refractivity contribution in [2.45, 2.75) is 13.8 Å². The second-order valence-electron chi connectivity index (χ2n) is 6.51. The van der Waals surface area contributed by atoms with Gasteiger partial charge in [0.15, 0.2) is 0 Å². The van der Waals surface area contributed by atoms with Gasteiger partial charge in [0.1, 0.15) is 5.69 Å². The fourth-order valence-corrected chi connectivity index (χ4v) is 3.09. The maximum Gasteiger partial charge on any atom is 0.274 e. The van der Waals surface area contributed by atoms with E-state index in [1.54, 1.807) is 24.3 Å². The highest BCUT2D eigenvalue weighted by atomic mass is 35.5. The number of rotatable bonds is 6. The summed E-state index contributed by atoms with van der Waals surface area (Å²) >= 11 is 5.96. The van der Waals surface area contributed by atoms with Crippen LogP contribution in [0.1, 0.15) is 21.7 Å². The van der Waals surface area contributed by atoms with E-state index in [0.29, 0.717) is 28.9 Å². The molecule has 8 heteroatoms. The lowest BCUT2D eigenvalue weighted by Crippen LogP contribution is -2.39. The Hall–Kier alpha value is -2.22. The first kappa shape index (κ1) is 19.5. The maximum atomic E-state index is 12.6. The summed E-state index contributed by atoms with van der Waals surface area (Å²) in [5.74, 6) is 0.184. The van der Waals surface area contributed by atoms with Gasteiger partial charge in [0, 0.05) is 42.6 Å². The van der Waals surface area contributed by atoms with Crippen molar-refractivity contribution in [1.82, 2.24) is 14.9 Å². The van der Waals surface area contributed by atoms with Crippen molar-refractivity contribution in [2.24, 2.45) is 0 Å². The Labute approximate surface area is 164 Å². The van der Waals surface area contributed by atoms with Gasteiger partial charge in [0.2, 0.25) is 5.95 Å². The van der Waals surface area contributed by atoms with Crippen LogP contribution >= 0.6 is 11.6 Å². The van der Waals surface area contributed by atoms with Gasteiger partial charge in [-0.1, -0.05) is 11.6 Å². The molecule has 0 spiro atoms. The minimum atomic E-state index is -0.276. The van der Waals surface area contributed by atoms with Crippen LogP contribution < -0.4 is 10.6 Å². The number of nitrogens with zero attached hydrogens (tertiary/aromatic N) is 3. The fourth-order valence-electron chi connectivity index (χ4n) is 2.87. The van der Waals surface area contributed by atoms with Gasteiger partial charge in [-0.2, -0.15) is 0 Å². The molecule has 1 aromatic heterocycles. The molecule has 0 unspecified atom stereocenters. The SMILES string of the molecule is Cc1cc(C(=O)Nc2ccc(Cl)cc2C)nc(NCCN2CCOCC2)n1. The highest BCUT2D eigenvalue weighted by molar-refractivity contribution is 6.30. The lowest BCUT2D eigenvalue weighted by molar-refractivity contribution is 0.0398. The number of halogens is 1. The Bertz CT molecular complexity index is 809. The van der Waals surface area contributed by atoms with E-state index in [4.69, 9.17) is 16.3 Å². The van der Waals surface area contributed by atoms with Crippen LogP contribution in [0.4, 0.5) is 11.6 Å². The molecule has 1 aliphatic rings. The molecule has 2 aromatic rings. The summed E-state index contributed by atoms with van der Waals surface area (Å²) in [5.41, 5.74) is 2.66. The molecular weight excluding hydrogens is 366 g/mol. The largest absolute Gasteiger partial charge is 0.379 e. The third-order valence-electron chi connectivity index (χ3n) is 4.34. The zero-order valence-corrected chi connectivity index (χ0v) is 16.3. The molecule has 0 bridgehead atoms. The molecule has 0 aliphatic carbocycles. The van der Waals surface area contributed by atoms with Crippen LogP contribution in [0.15, 0.2) is 24.3 Å². The van der Waals surface area contributed by atoms with E-state index in [0.717, 1.165) is 44.1 Å². The molecule has 1 fully saturated rings. The summed E-state index contributed by atoms with van der Waals surface area (Å²) in [4.78, 5) is 23.6. The molecule has 1 amide bonds. The Kier molecular flexibility index (Phi) is 6.60. The van der Waals surface area contributed by atoms with Gasteiger partial charge >= 0.3 is 0 Å². The number of aryl methyl sites for hydroxylation is 2. The molecule has 3 rings (SSSR count). The number of amides is 1. The van der Waals surface area contributed by atoms with Crippen LogP contribution in [0.25, 0.3) is 0 Å². The molecular formula is C19H24ClN5O2. The van der Waals surface area contributed by atoms with Crippen molar-refractivity contribution in [3.05, 3.63) is 46.2 Å². The number of anilines is 2. The topological polar surface area (TPSA) is 79.4 Å². The van der Waals surface area contributed by atoms with Crippen molar-refractivity contribution in [3.8, 4) is 0 Å². The fraction of sp³-hybridized carbons (Fsp3) is 0.421. The predicted octanol–water partition coefficient (Wildman–Crippen LogP) is 2.74. The van der Waals surface area contributed by atoms with Crippen LogP contribution in [0.2, 0.25) is 5.02 Å². The zero-order valence-electron chi connectivity index (χ0n) is 15.6. The third kappa shape index (κ3) is 5.63. The molecule has 0 saturated carbocycles. The summed E-state index contributed by atoms with van der Waals surface area (Å²) in [6, 6.07) is 7.01. The quantitative estimate of drug-likeness (QED) is 0.790. The van der Waals surface area contributed by atoms with E-state index in [1.807, 2.05) is 13.8 Å². The molecule has 27 heavy (non-hydrogen) atoms. The number of morpholine rings is 1. The second-order valence-corrected chi connectivity index (χ2v) is 6.95. The second kappa shape index (κ2) is 9.12. The van der Waals surface area contributed by atoms with Crippen molar-refractivity contribution in [2.75, 3.05) is 50.0 Å². The van der Waals surface area contributed by atoms with Crippen LogP contribution in [-0.4, -0.2) is 60.2 Å². The molecule has 0 atom stereocenters. The molecule has 2 N–H and O–H groups in total. The Morgan fingerprint density at radius 2 is 2.00 bits per heavy atom. The minimum Gasteiger partial charge on any atom is -0.379 e. The van der Waals surface area contributed by atoms with Crippen LogP contribution in [0, 0.1) is 13.8 Å². The van der Waals surface area contributed by atoms with Crippen molar-refractivity contribution in [1.29, 1.82) is 0 Å². The van der Waals surface area contributed by atoms with Gasteiger partial charge in [-0.05, 0) is 43.7 Å². The predicted molar refractivity (Wildman–Crippen MR) is 107 cm³/mol. The highest BCUT2D eigenvalue weighted by Gasteiger charge is 2.13. The summed E-state index contributed by atoms with van der Waals surface area (Å²) in [6.45, 7) is 8.75. The van der Waals surface area contributed by atoms with Gasteiger partial charge < -0.3 is 15.4 Å². The number of carbonyl (C=O) groups is 1. The zero-order chi connectivity index (χ0) is 19.2. The third-order valence-corrected chi connectivity index (χ3v) is 4.57. The Balaban J connectivity index is 1.62. The maximum absolute atomic E-state index is 12.6. The van der Waals surface area contributed by atoms with Crippen LogP contribution in [0.5, 0.6) is 0 Å². The van der Waals surface area contributed by atoms with E-state index in [-0.39, 0.29) is 5.91 Å². The monoisotopic (exact) mass is 389 g/mol. The van der Waals surface area contributed by atoms with Crippen molar-refractivity contribution in [3.63, 3.8) is 0 Å². The van der Waals surface area contributed by atoms with E-state index in [9.17, 15) is 4.79 Å². The minimum absolute atomic E-state index is 0.276. The lowest BCUT2D eigenvalue weighted by Gasteiger charge is -2.26. The van der Waals surface area contributed by atoms with Gasteiger partial charge in [0.05, 0.1) is 13.2 Å². The summed E-state index contributed by atoms with van der Waals surface area (Å²) in [5, 5.41) is 6.72. The number of aromatic nitrogens is 2. The number of hydrogen-bond acceptors (Lipinski definition) is 6. The average molecular weight is 390 g/mol. The number of carbonyl (C=O) groups excluding carboxylic acids is 1. The number of ether oxygens (including phenoxy) is 1. The summed E-state index contributed by atoms with van der Waals surface area (Å²) < 4.78 is 5.35. The average Bonchev–Trinajstić information content (AvgIpc) is 2.64. The molecule has 144 valence electrons. The molecule has 1 aliphatic heterocycles. The summed E-state index contributed by atoms with van der Waals surface area (Å²) in [6.07, 6.45) is 0. The molecule has 7 nitrogen and oxygen atoms in total. The van der Waals surface area contributed by atoms with Crippen molar-refractivity contribution < 1.29 is 9.53 Å². The van der Waals surface area contributed by atoms with E-state index in [2.05, 4.69) is 25.5 Å².